The molecule has 0 spiro atoms. The van der Waals surface area contributed by atoms with Crippen molar-refractivity contribution in [2.45, 2.75) is 12.8 Å². The number of rotatable bonds is 0. The third kappa shape index (κ3) is 1.12. The van der Waals surface area contributed by atoms with Crippen LogP contribution >= 0.6 is 0 Å². The van der Waals surface area contributed by atoms with Gasteiger partial charge in [0.15, 0.2) is 0 Å². The molecule has 34 heavy (non-hydrogen) atoms. The standard InChI is InChI=1S/C34H14/c1-3-15-19-9-10-20-16-4-2-6-18-22-12-14-8-7-13-11-21-17(5-1)24(15)31-26(19)27(20)32(25(16)18)34-29(22)30(23(13)14)28(21)33(31)34/h1-6,9-12H,7-8H2. The molecule has 0 fully saturated rings. The molecule has 0 aromatic heterocycles. The highest BCUT2D eigenvalue weighted by atomic mass is 14.4. The summed E-state index contributed by atoms with van der Waals surface area (Å²) in [6.07, 6.45) is 2.35. The van der Waals surface area contributed by atoms with Gasteiger partial charge >= 0.3 is 0 Å². The molecule has 11 aromatic rings. The molecule has 1 aliphatic rings. The fraction of sp³-hybridized carbons (Fsp3) is 0.0588. The molecule has 0 aliphatic heterocycles. The fourth-order valence-electron chi connectivity index (χ4n) is 9.03. The third-order valence-corrected chi connectivity index (χ3v) is 9.98. The van der Waals surface area contributed by atoms with Crippen LogP contribution in [0.25, 0.3) is 108 Å². The zero-order chi connectivity index (χ0) is 21.2. The Morgan fingerprint density at radius 2 is 0.647 bits per heavy atom. The first kappa shape index (κ1) is 14.9. The van der Waals surface area contributed by atoms with Crippen LogP contribution in [0.3, 0.4) is 0 Å². The molecule has 1 aliphatic carbocycles. The van der Waals surface area contributed by atoms with E-state index in [1.165, 1.54) is 88.2 Å². The molecule has 0 saturated heterocycles. The van der Waals surface area contributed by atoms with Crippen LogP contribution in [0, 0.1) is 0 Å². The van der Waals surface area contributed by atoms with E-state index in [1.54, 1.807) is 43.4 Å². The summed E-state index contributed by atoms with van der Waals surface area (Å²) < 4.78 is 0. The molecule has 0 heterocycles. The fourth-order valence-corrected chi connectivity index (χ4v) is 9.03. The van der Waals surface area contributed by atoms with E-state index in [0.29, 0.717) is 0 Å². The first-order chi connectivity index (χ1) is 16.9. The average Bonchev–Trinajstić information content (AvgIpc) is 3.61. The lowest BCUT2D eigenvalue weighted by Crippen LogP contribution is -1.85. The van der Waals surface area contributed by atoms with E-state index in [0.717, 1.165) is 0 Å². The van der Waals surface area contributed by atoms with Gasteiger partial charge in [-0.25, -0.2) is 0 Å². The van der Waals surface area contributed by atoms with Crippen LogP contribution in [0.5, 0.6) is 0 Å². The Labute approximate surface area is 192 Å². The van der Waals surface area contributed by atoms with Gasteiger partial charge in [-0.3, -0.25) is 0 Å². The van der Waals surface area contributed by atoms with Gasteiger partial charge in [0.1, 0.15) is 0 Å². The van der Waals surface area contributed by atoms with Crippen LogP contribution in [0.1, 0.15) is 11.1 Å². The molecule has 150 valence electrons. The summed E-state index contributed by atoms with van der Waals surface area (Å²) in [5, 5.41) is 30.1. The normalized spacial score (nSPS) is 15.4. The van der Waals surface area contributed by atoms with Gasteiger partial charge < -0.3 is 0 Å². The summed E-state index contributed by atoms with van der Waals surface area (Å²) in [5.41, 5.74) is 3.14. The van der Waals surface area contributed by atoms with Gasteiger partial charge in [0.25, 0.3) is 0 Å². The zero-order valence-corrected chi connectivity index (χ0v) is 18.2. The Balaban J connectivity index is 1.73. The van der Waals surface area contributed by atoms with Gasteiger partial charge in [-0.15, -0.1) is 0 Å². The van der Waals surface area contributed by atoms with Crippen molar-refractivity contribution in [3.05, 3.63) is 71.8 Å². The predicted octanol–water partition coefficient (Wildman–Crippen LogP) is 9.38. The van der Waals surface area contributed by atoms with Crippen molar-refractivity contribution in [1.29, 1.82) is 0 Å². The van der Waals surface area contributed by atoms with Gasteiger partial charge in [-0.2, -0.15) is 0 Å². The number of hydrogen-bond donors (Lipinski definition) is 0. The first-order valence-electron chi connectivity index (χ1n) is 12.5. The van der Waals surface area contributed by atoms with Crippen molar-refractivity contribution in [2.75, 3.05) is 0 Å². The van der Waals surface area contributed by atoms with Crippen LogP contribution in [0.2, 0.25) is 0 Å². The number of fused-ring (bicyclic) bond motifs is 4. The van der Waals surface area contributed by atoms with Crippen molar-refractivity contribution in [3.63, 3.8) is 0 Å². The van der Waals surface area contributed by atoms with E-state index in [1.807, 2.05) is 0 Å². The van der Waals surface area contributed by atoms with Crippen LogP contribution in [0.15, 0.2) is 60.7 Å². The lowest BCUT2D eigenvalue weighted by atomic mass is 9.90. The highest BCUT2D eigenvalue weighted by Crippen LogP contribution is 2.62. The highest BCUT2D eigenvalue weighted by Gasteiger charge is 2.33. The maximum Gasteiger partial charge on any atom is -0.0000248 e. The maximum atomic E-state index is 2.57. The maximum absolute atomic E-state index is 2.57. The molecule has 0 amide bonds. The van der Waals surface area contributed by atoms with E-state index in [-0.39, 0.29) is 0 Å². The topological polar surface area (TPSA) is 0 Å². The molecule has 0 bridgehead atoms. The minimum absolute atomic E-state index is 1.18. The van der Waals surface area contributed by atoms with E-state index in [2.05, 4.69) is 60.7 Å². The van der Waals surface area contributed by atoms with Crippen molar-refractivity contribution < 1.29 is 0 Å². The molecular formula is C34H14. The van der Waals surface area contributed by atoms with E-state index >= 15 is 0 Å². The lowest BCUT2D eigenvalue weighted by Gasteiger charge is -2.12. The molecule has 0 nitrogen and oxygen atoms in total. The van der Waals surface area contributed by atoms with Crippen LogP contribution in [0.4, 0.5) is 0 Å². The summed E-state index contributed by atoms with van der Waals surface area (Å²) in [5.74, 6) is 0. The summed E-state index contributed by atoms with van der Waals surface area (Å²) in [7, 11) is 0. The van der Waals surface area contributed by atoms with Gasteiger partial charge in [0.05, 0.1) is 0 Å². The quantitative estimate of drug-likeness (QED) is 0.214. The Hall–Kier alpha value is -4.16. The Kier molecular flexibility index (Phi) is 1.79. The average molecular weight is 422 g/mol. The second-order valence-electron chi connectivity index (χ2n) is 11.0. The lowest BCUT2D eigenvalue weighted by molar-refractivity contribution is 1.03. The summed E-state index contributed by atoms with van der Waals surface area (Å²) in [4.78, 5) is 0. The monoisotopic (exact) mass is 422 g/mol. The molecule has 0 atom stereocenters. The van der Waals surface area contributed by atoms with Crippen molar-refractivity contribution >= 4 is 108 Å². The number of aryl methyl sites for hydroxylation is 2. The summed E-state index contributed by atoms with van der Waals surface area (Å²) in [6, 6.07) is 24.1. The second-order valence-corrected chi connectivity index (χ2v) is 11.0. The predicted molar refractivity (Wildman–Crippen MR) is 147 cm³/mol. The van der Waals surface area contributed by atoms with Gasteiger partial charge in [-0.05, 0) is 144 Å². The van der Waals surface area contributed by atoms with Gasteiger partial charge in [0, 0.05) is 0 Å². The Bertz CT molecular complexity index is 2450. The molecule has 11 aromatic carbocycles. The smallest absolute Gasteiger partial charge is 0.0000248 e. The minimum Gasteiger partial charge on any atom is -0.0610 e. The molecule has 0 heteroatoms. The Morgan fingerprint density at radius 3 is 1.15 bits per heavy atom. The summed E-state index contributed by atoms with van der Waals surface area (Å²) >= 11 is 0. The molecule has 0 unspecified atom stereocenters. The zero-order valence-electron chi connectivity index (χ0n) is 18.2. The summed E-state index contributed by atoms with van der Waals surface area (Å²) in [6.45, 7) is 0. The molecule has 0 N–H and O–H groups in total. The van der Waals surface area contributed by atoms with E-state index in [4.69, 9.17) is 0 Å². The molecule has 12 rings (SSSR count). The largest absolute Gasteiger partial charge is 0.0610 e. The number of hydrogen-bond acceptors (Lipinski definition) is 0. The van der Waals surface area contributed by atoms with Crippen molar-refractivity contribution in [3.8, 4) is 0 Å². The van der Waals surface area contributed by atoms with E-state index in [9.17, 15) is 0 Å². The van der Waals surface area contributed by atoms with Gasteiger partial charge in [-0.1, -0.05) is 48.5 Å². The van der Waals surface area contributed by atoms with Crippen molar-refractivity contribution in [1.82, 2.24) is 0 Å². The highest BCUT2D eigenvalue weighted by molar-refractivity contribution is 6.62. The van der Waals surface area contributed by atoms with E-state index < -0.39 is 0 Å². The number of benzene rings is 8. The van der Waals surface area contributed by atoms with Crippen LogP contribution in [-0.4, -0.2) is 0 Å². The van der Waals surface area contributed by atoms with Crippen molar-refractivity contribution in [2.24, 2.45) is 0 Å². The Morgan fingerprint density at radius 1 is 0.294 bits per heavy atom. The molecular weight excluding hydrogens is 408 g/mol. The van der Waals surface area contributed by atoms with Crippen LogP contribution in [-0.2, 0) is 12.8 Å². The third-order valence-electron chi connectivity index (χ3n) is 9.98. The molecule has 0 radical (unpaired) electrons. The second kappa shape index (κ2) is 4.10. The minimum atomic E-state index is 1.18. The molecule has 0 saturated carbocycles. The van der Waals surface area contributed by atoms with Crippen LogP contribution < -0.4 is 0 Å². The van der Waals surface area contributed by atoms with Gasteiger partial charge in [0.2, 0.25) is 0 Å². The SMILES string of the molecule is c1cc2c3ccc4c5cccc6c7cc8c9c(cc%10c(c1)c2c1c3c4c(c56)c2c7c9c%10c12)CC8. The first-order valence-corrected chi connectivity index (χ1v) is 12.5.